The number of rotatable bonds is 4. The van der Waals surface area contributed by atoms with Gasteiger partial charge in [0.2, 0.25) is 0 Å². The van der Waals surface area contributed by atoms with Gasteiger partial charge in [0.25, 0.3) is 0 Å². The van der Waals surface area contributed by atoms with Crippen LogP contribution in [0.3, 0.4) is 0 Å². The lowest BCUT2D eigenvalue weighted by atomic mass is 10.2. The van der Waals surface area contributed by atoms with E-state index < -0.39 is 6.61 Å². The number of anilines is 1. The average Bonchev–Trinajstić information content (AvgIpc) is 2.46. The van der Waals surface area contributed by atoms with Crippen molar-refractivity contribution in [2.24, 2.45) is 0 Å². The third-order valence-corrected chi connectivity index (χ3v) is 2.47. The molecule has 0 aliphatic carbocycles. The Balaban J connectivity index is 1.84. The van der Waals surface area contributed by atoms with Crippen molar-refractivity contribution in [1.29, 1.82) is 0 Å². The van der Waals surface area contributed by atoms with E-state index in [1.807, 2.05) is 30.3 Å². The molecule has 0 fully saturated rings. The molecule has 0 unspecified atom stereocenters. The van der Waals surface area contributed by atoms with Crippen LogP contribution in [0.5, 0.6) is 5.75 Å². The maximum absolute atomic E-state index is 12.0. The molecule has 4 heteroatoms. The molecule has 102 valence electrons. The predicted molar refractivity (Wildman–Crippen MR) is 74.9 cm³/mol. The van der Waals surface area contributed by atoms with Gasteiger partial charge in [0.1, 0.15) is 5.75 Å². The Labute approximate surface area is 116 Å². The second-order valence-corrected chi connectivity index (χ2v) is 3.92. The molecule has 0 atom stereocenters. The minimum Gasteiger partial charge on any atom is -0.435 e. The SMILES string of the molecule is FC(F)Oc1ccc(NCC#Cc2ccccc2)cc1. The fraction of sp³-hybridized carbons (Fsp3) is 0.125. The Morgan fingerprint density at radius 1 is 1.00 bits per heavy atom. The molecule has 0 spiro atoms. The van der Waals surface area contributed by atoms with Crippen LogP contribution in [-0.2, 0) is 0 Å². The molecule has 0 saturated carbocycles. The fourth-order valence-corrected chi connectivity index (χ4v) is 1.57. The molecule has 0 heterocycles. The molecule has 0 saturated heterocycles. The summed E-state index contributed by atoms with van der Waals surface area (Å²) in [6.07, 6.45) is 0. The molecule has 0 aliphatic rings. The summed E-state index contributed by atoms with van der Waals surface area (Å²) < 4.78 is 28.2. The van der Waals surface area contributed by atoms with Crippen LogP contribution in [0.4, 0.5) is 14.5 Å². The number of hydrogen-bond acceptors (Lipinski definition) is 2. The zero-order valence-electron chi connectivity index (χ0n) is 10.6. The van der Waals surface area contributed by atoms with Crippen molar-refractivity contribution in [2.45, 2.75) is 6.61 Å². The van der Waals surface area contributed by atoms with Crippen LogP contribution < -0.4 is 10.1 Å². The van der Waals surface area contributed by atoms with Crippen LogP contribution in [0.15, 0.2) is 54.6 Å². The van der Waals surface area contributed by atoms with Crippen molar-refractivity contribution in [3.05, 3.63) is 60.2 Å². The third-order valence-electron chi connectivity index (χ3n) is 2.47. The molecule has 0 aromatic heterocycles. The highest BCUT2D eigenvalue weighted by molar-refractivity contribution is 5.47. The zero-order chi connectivity index (χ0) is 14.2. The van der Waals surface area contributed by atoms with E-state index in [1.54, 1.807) is 12.1 Å². The predicted octanol–water partition coefficient (Wildman–Crippen LogP) is 3.75. The Hall–Kier alpha value is -2.54. The number of ether oxygens (including phenoxy) is 1. The molecule has 2 aromatic rings. The van der Waals surface area contributed by atoms with E-state index in [4.69, 9.17) is 0 Å². The molecular formula is C16H13F2NO. The molecule has 20 heavy (non-hydrogen) atoms. The van der Waals surface area contributed by atoms with E-state index in [1.165, 1.54) is 12.1 Å². The van der Waals surface area contributed by atoms with Gasteiger partial charge in [-0.3, -0.25) is 0 Å². The van der Waals surface area contributed by atoms with Gasteiger partial charge in [-0.1, -0.05) is 30.0 Å². The standard InChI is InChI=1S/C16H13F2NO/c17-16(18)20-15-10-8-14(9-11-15)19-12-4-7-13-5-2-1-3-6-13/h1-3,5-6,8-11,16,19H,12H2. The van der Waals surface area contributed by atoms with Crippen LogP contribution in [0.2, 0.25) is 0 Å². The van der Waals surface area contributed by atoms with Gasteiger partial charge in [0, 0.05) is 11.3 Å². The molecule has 0 bridgehead atoms. The van der Waals surface area contributed by atoms with Crippen molar-refractivity contribution in [2.75, 3.05) is 11.9 Å². The largest absolute Gasteiger partial charge is 0.435 e. The smallest absolute Gasteiger partial charge is 0.387 e. The zero-order valence-corrected chi connectivity index (χ0v) is 10.6. The summed E-state index contributed by atoms with van der Waals surface area (Å²) >= 11 is 0. The molecule has 0 radical (unpaired) electrons. The van der Waals surface area contributed by atoms with Crippen molar-refractivity contribution >= 4 is 5.69 Å². The lowest BCUT2D eigenvalue weighted by Crippen LogP contribution is -2.02. The van der Waals surface area contributed by atoms with Crippen molar-refractivity contribution in [1.82, 2.24) is 0 Å². The highest BCUT2D eigenvalue weighted by atomic mass is 19.3. The number of nitrogens with one attached hydrogen (secondary N) is 1. The Morgan fingerprint density at radius 2 is 1.70 bits per heavy atom. The van der Waals surface area contributed by atoms with Gasteiger partial charge in [0.05, 0.1) is 6.54 Å². The first-order valence-electron chi connectivity index (χ1n) is 6.07. The molecule has 0 amide bonds. The van der Waals surface area contributed by atoms with Crippen LogP contribution in [0.25, 0.3) is 0 Å². The molecule has 2 nitrogen and oxygen atoms in total. The number of halogens is 2. The van der Waals surface area contributed by atoms with Gasteiger partial charge in [-0.05, 0) is 36.4 Å². The maximum Gasteiger partial charge on any atom is 0.387 e. The van der Waals surface area contributed by atoms with Crippen LogP contribution >= 0.6 is 0 Å². The molecule has 1 N–H and O–H groups in total. The van der Waals surface area contributed by atoms with Gasteiger partial charge >= 0.3 is 6.61 Å². The van der Waals surface area contributed by atoms with Gasteiger partial charge < -0.3 is 10.1 Å². The van der Waals surface area contributed by atoms with Gasteiger partial charge in [-0.15, -0.1) is 0 Å². The Morgan fingerprint density at radius 3 is 2.35 bits per heavy atom. The maximum atomic E-state index is 12.0. The van der Waals surface area contributed by atoms with Crippen LogP contribution in [0.1, 0.15) is 5.56 Å². The summed E-state index contributed by atoms with van der Waals surface area (Å²) in [4.78, 5) is 0. The van der Waals surface area contributed by atoms with Crippen molar-refractivity contribution in [3.8, 4) is 17.6 Å². The first kappa shape index (κ1) is 13.9. The number of hydrogen-bond donors (Lipinski definition) is 1. The van der Waals surface area contributed by atoms with E-state index in [-0.39, 0.29) is 5.75 Å². The third kappa shape index (κ3) is 4.62. The Bertz CT molecular complexity index is 585. The highest BCUT2D eigenvalue weighted by Gasteiger charge is 2.02. The summed E-state index contributed by atoms with van der Waals surface area (Å²) in [5.74, 6) is 6.14. The summed E-state index contributed by atoms with van der Waals surface area (Å²) in [6.45, 7) is -2.32. The quantitative estimate of drug-likeness (QED) is 0.857. The lowest BCUT2D eigenvalue weighted by Gasteiger charge is -2.06. The second kappa shape index (κ2) is 7.15. The number of alkyl halides is 2. The van der Waals surface area contributed by atoms with Crippen molar-refractivity contribution < 1.29 is 13.5 Å². The van der Waals surface area contributed by atoms with Crippen LogP contribution in [0, 0.1) is 11.8 Å². The van der Waals surface area contributed by atoms with Crippen molar-refractivity contribution in [3.63, 3.8) is 0 Å². The fourth-order valence-electron chi connectivity index (χ4n) is 1.57. The van der Waals surface area contributed by atoms with E-state index in [0.717, 1.165) is 11.3 Å². The summed E-state index contributed by atoms with van der Waals surface area (Å²) in [5, 5.41) is 3.08. The van der Waals surface area contributed by atoms with Gasteiger partial charge in [-0.2, -0.15) is 8.78 Å². The molecule has 2 rings (SSSR count). The average molecular weight is 273 g/mol. The second-order valence-electron chi connectivity index (χ2n) is 3.92. The summed E-state index contributed by atoms with van der Waals surface area (Å²) in [7, 11) is 0. The first-order chi connectivity index (χ1) is 9.74. The molecule has 2 aromatic carbocycles. The minimum atomic E-state index is -2.80. The topological polar surface area (TPSA) is 21.3 Å². The van der Waals surface area contributed by atoms with Gasteiger partial charge in [0.15, 0.2) is 0 Å². The normalized spacial score (nSPS) is 9.75. The molecular weight excluding hydrogens is 260 g/mol. The summed E-state index contributed by atoms with van der Waals surface area (Å²) in [5.41, 5.74) is 1.75. The van der Waals surface area contributed by atoms with E-state index in [0.29, 0.717) is 6.54 Å². The number of benzene rings is 2. The summed E-state index contributed by atoms with van der Waals surface area (Å²) in [6, 6.07) is 16.0. The minimum absolute atomic E-state index is 0.140. The van der Waals surface area contributed by atoms with E-state index in [2.05, 4.69) is 21.9 Å². The Kier molecular flexibility index (Phi) is 4.96. The highest BCUT2D eigenvalue weighted by Crippen LogP contribution is 2.17. The first-order valence-corrected chi connectivity index (χ1v) is 6.07. The van der Waals surface area contributed by atoms with Crippen LogP contribution in [-0.4, -0.2) is 13.2 Å². The molecule has 0 aliphatic heterocycles. The monoisotopic (exact) mass is 273 g/mol. The lowest BCUT2D eigenvalue weighted by molar-refractivity contribution is -0.0498. The van der Waals surface area contributed by atoms with Gasteiger partial charge in [-0.25, -0.2) is 0 Å². The van der Waals surface area contributed by atoms with E-state index >= 15 is 0 Å². The van der Waals surface area contributed by atoms with E-state index in [9.17, 15) is 8.78 Å².